The lowest BCUT2D eigenvalue weighted by molar-refractivity contribution is 0.0607. The molecule has 0 atom stereocenters. The zero-order valence-electron chi connectivity index (χ0n) is 22.8. The van der Waals surface area contributed by atoms with Gasteiger partial charge in [-0.05, 0) is 85.0 Å². The van der Waals surface area contributed by atoms with E-state index in [0.29, 0.717) is 24.2 Å². The number of amides is 1. The zero-order valence-corrected chi connectivity index (χ0v) is 25.9. The molecule has 4 aromatic rings. The van der Waals surface area contributed by atoms with Crippen LogP contribution in [0.3, 0.4) is 0 Å². The van der Waals surface area contributed by atoms with Gasteiger partial charge in [-0.25, -0.2) is 22.0 Å². The van der Waals surface area contributed by atoms with Crippen molar-refractivity contribution in [3.8, 4) is 16.9 Å². The van der Waals surface area contributed by atoms with Crippen LogP contribution in [-0.4, -0.2) is 44.7 Å². The molecule has 3 aromatic carbocycles. The fourth-order valence-electron chi connectivity index (χ4n) is 5.39. The summed E-state index contributed by atoms with van der Waals surface area (Å²) in [5.74, 6) is -1.20. The van der Waals surface area contributed by atoms with Crippen molar-refractivity contribution in [1.82, 2.24) is 9.74 Å². The fraction of sp³-hybridized carbons (Fsp3) is 0.300. The molecule has 1 N–H and O–H groups in total. The van der Waals surface area contributed by atoms with Crippen molar-refractivity contribution in [1.29, 1.82) is 0 Å². The molecule has 12 heteroatoms. The standard InChI is InChI=1S/C30H28Cl2F2N2O4S2/c1-40-25-14-5-18(17-3-10-22(11-4-17)42(2,38)39)15-19(25)16-36(21-8-6-20(35-32)7-9-21)30(37)29-27(31)26-23(33)12-13-24(34)28(26)41-29/h3-5,10-15,20-21,35H,6-9,16H2,1-2H3. The van der Waals surface area contributed by atoms with Crippen molar-refractivity contribution in [3.63, 3.8) is 0 Å². The first-order valence-corrected chi connectivity index (χ1v) is 16.7. The van der Waals surface area contributed by atoms with E-state index in [9.17, 15) is 22.0 Å². The minimum atomic E-state index is -3.34. The number of halogens is 4. The number of hydrogen-bond donors (Lipinski definition) is 1. The summed E-state index contributed by atoms with van der Waals surface area (Å²) in [6.07, 6.45) is 3.96. The molecule has 6 nitrogen and oxygen atoms in total. The number of carbonyl (C=O) groups excluding carboxylic acids is 1. The van der Waals surface area contributed by atoms with Crippen LogP contribution in [0.4, 0.5) is 8.78 Å². The second-order valence-corrected chi connectivity index (χ2v) is 14.0. The molecule has 0 unspecified atom stereocenters. The van der Waals surface area contributed by atoms with Crippen LogP contribution >= 0.6 is 34.7 Å². The van der Waals surface area contributed by atoms with Gasteiger partial charge in [0.25, 0.3) is 5.91 Å². The van der Waals surface area contributed by atoms with E-state index >= 15 is 0 Å². The van der Waals surface area contributed by atoms with Crippen LogP contribution in [0.15, 0.2) is 59.5 Å². The summed E-state index contributed by atoms with van der Waals surface area (Å²) in [7, 11) is -1.80. The number of carbonyl (C=O) groups is 1. The number of sulfone groups is 1. The maximum Gasteiger partial charge on any atom is 0.266 e. The number of thiophene rings is 1. The third-order valence-electron chi connectivity index (χ3n) is 7.67. The Hall–Kier alpha value is -2.76. The van der Waals surface area contributed by atoms with Gasteiger partial charge in [0.1, 0.15) is 22.3 Å². The molecule has 1 amide bonds. The SMILES string of the molecule is COc1ccc(-c2ccc(S(C)(=O)=O)cc2)cc1CN(C(=O)c1sc2c(F)ccc(F)c2c1Cl)C1CCC(NCl)CC1. The summed E-state index contributed by atoms with van der Waals surface area (Å²) >= 11 is 13.2. The van der Waals surface area contributed by atoms with Crippen LogP contribution in [0.25, 0.3) is 21.2 Å². The Balaban J connectivity index is 1.55. The first kappa shape index (κ1) is 30.7. The number of hydrogen-bond acceptors (Lipinski definition) is 6. The van der Waals surface area contributed by atoms with Gasteiger partial charge < -0.3 is 9.64 Å². The van der Waals surface area contributed by atoms with Gasteiger partial charge in [-0.1, -0.05) is 29.8 Å². The molecule has 0 radical (unpaired) electrons. The van der Waals surface area contributed by atoms with Crippen LogP contribution in [0, 0.1) is 11.6 Å². The van der Waals surface area contributed by atoms with E-state index in [0.717, 1.165) is 53.7 Å². The van der Waals surface area contributed by atoms with E-state index in [2.05, 4.69) is 4.84 Å². The summed E-state index contributed by atoms with van der Waals surface area (Å²) < 4.78 is 58.7. The number of benzene rings is 3. The highest BCUT2D eigenvalue weighted by molar-refractivity contribution is 7.90. The van der Waals surface area contributed by atoms with Gasteiger partial charge in [-0.3, -0.25) is 4.79 Å². The highest BCUT2D eigenvalue weighted by Gasteiger charge is 2.33. The van der Waals surface area contributed by atoms with Crippen LogP contribution in [0.1, 0.15) is 40.9 Å². The Morgan fingerprint density at radius 1 is 1.02 bits per heavy atom. The molecule has 1 aliphatic carbocycles. The Labute approximate surface area is 257 Å². The summed E-state index contributed by atoms with van der Waals surface area (Å²) in [6.45, 7) is 0.149. The van der Waals surface area contributed by atoms with Crippen LogP contribution in [0.2, 0.25) is 5.02 Å². The summed E-state index contributed by atoms with van der Waals surface area (Å²) in [5, 5.41) is -0.207. The lowest BCUT2D eigenvalue weighted by Gasteiger charge is -2.37. The Morgan fingerprint density at radius 3 is 2.26 bits per heavy atom. The molecule has 1 aromatic heterocycles. The lowest BCUT2D eigenvalue weighted by atomic mass is 9.90. The second kappa shape index (κ2) is 12.5. The average Bonchev–Trinajstić information content (AvgIpc) is 3.35. The lowest BCUT2D eigenvalue weighted by Crippen LogP contribution is -2.43. The molecule has 42 heavy (non-hydrogen) atoms. The van der Waals surface area contributed by atoms with Crippen molar-refractivity contribution in [3.05, 3.63) is 81.7 Å². The first-order chi connectivity index (χ1) is 20.0. The fourth-order valence-corrected chi connectivity index (χ4v) is 7.74. The monoisotopic (exact) mass is 652 g/mol. The topological polar surface area (TPSA) is 75.7 Å². The molecular weight excluding hydrogens is 625 g/mol. The molecular formula is C30H28Cl2F2N2O4S2. The molecule has 0 saturated heterocycles. The predicted octanol–water partition coefficient (Wildman–Crippen LogP) is 7.61. The van der Waals surface area contributed by atoms with Crippen LogP contribution in [0.5, 0.6) is 5.75 Å². The maximum atomic E-state index is 14.6. The molecule has 0 spiro atoms. The molecule has 5 rings (SSSR count). The molecule has 1 saturated carbocycles. The number of ether oxygens (including phenoxy) is 1. The summed E-state index contributed by atoms with van der Waals surface area (Å²) in [4.78, 5) is 18.9. The van der Waals surface area contributed by atoms with Crippen molar-refractivity contribution < 1.29 is 26.7 Å². The molecule has 222 valence electrons. The van der Waals surface area contributed by atoms with Crippen molar-refractivity contribution >= 4 is 60.5 Å². The highest BCUT2D eigenvalue weighted by Crippen LogP contribution is 2.40. The van der Waals surface area contributed by atoms with Gasteiger partial charge in [0.15, 0.2) is 9.84 Å². The first-order valence-electron chi connectivity index (χ1n) is 13.2. The van der Waals surface area contributed by atoms with Crippen LogP contribution < -0.4 is 9.57 Å². The Morgan fingerprint density at radius 2 is 1.67 bits per heavy atom. The smallest absolute Gasteiger partial charge is 0.266 e. The van der Waals surface area contributed by atoms with Gasteiger partial charge in [-0.15, -0.1) is 11.3 Å². The third-order valence-corrected chi connectivity index (χ3v) is 10.8. The molecule has 0 bridgehead atoms. The van der Waals surface area contributed by atoms with Gasteiger partial charge in [-0.2, -0.15) is 0 Å². The van der Waals surface area contributed by atoms with E-state index in [4.69, 9.17) is 28.1 Å². The summed E-state index contributed by atoms with van der Waals surface area (Å²) in [5.41, 5.74) is 2.30. The van der Waals surface area contributed by atoms with Crippen molar-refractivity contribution in [2.24, 2.45) is 0 Å². The second-order valence-electron chi connectivity index (χ2n) is 10.3. The van der Waals surface area contributed by atoms with E-state index < -0.39 is 27.4 Å². The van der Waals surface area contributed by atoms with E-state index in [1.54, 1.807) is 35.2 Å². The molecule has 1 fully saturated rings. The minimum absolute atomic E-state index is 0.00420. The van der Waals surface area contributed by atoms with E-state index in [1.165, 1.54) is 7.11 Å². The molecule has 1 aliphatic rings. The molecule has 1 heterocycles. The van der Waals surface area contributed by atoms with Gasteiger partial charge in [0.05, 0.1) is 27.1 Å². The number of fused-ring (bicyclic) bond motifs is 1. The van der Waals surface area contributed by atoms with Crippen molar-refractivity contribution in [2.75, 3.05) is 13.4 Å². The Bertz CT molecular complexity index is 1740. The third kappa shape index (κ3) is 6.14. The number of nitrogens with zero attached hydrogens (tertiary/aromatic N) is 1. The van der Waals surface area contributed by atoms with Gasteiger partial charge >= 0.3 is 0 Å². The Kier molecular flexibility index (Phi) is 9.10. The highest BCUT2D eigenvalue weighted by atomic mass is 35.5. The summed E-state index contributed by atoms with van der Waals surface area (Å²) in [6, 6.07) is 14.1. The largest absolute Gasteiger partial charge is 0.496 e. The number of nitrogens with one attached hydrogen (secondary N) is 1. The normalized spacial score (nSPS) is 17.4. The van der Waals surface area contributed by atoms with Crippen molar-refractivity contribution in [2.45, 2.75) is 49.2 Å². The zero-order chi connectivity index (χ0) is 30.2. The van der Waals surface area contributed by atoms with Gasteiger partial charge in [0.2, 0.25) is 0 Å². The number of methoxy groups -OCH3 is 1. The number of rotatable bonds is 8. The van der Waals surface area contributed by atoms with Crippen LogP contribution in [-0.2, 0) is 16.4 Å². The average molecular weight is 654 g/mol. The minimum Gasteiger partial charge on any atom is -0.496 e. The van der Waals surface area contributed by atoms with Gasteiger partial charge in [0, 0.05) is 30.4 Å². The molecule has 0 aliphatic heterocycles. The van der Waals surface area contributed by atoms with E-state index in [1.807, 2.05) is 12.1 Å². The predicted molar refractivity (Wildman–Crippen MR) is 163 cm³/mol. The maximum absolute atomic E-state index is 14.6. The quantitative estimate of drug-likeness (QED) is 0.198. The van der Waals surface area contributed by atoms with E-state index in [-0.39, 0.29) is 43.5 Å².